The van der Waals surface area contributed by atoms with Crippen LogP contribution in [0.1, 0.15) is 15.9 Å². The van der Waals surface area contributed by atoms with Gasteiger partial charge in [-0.2, -0.15) is 0 Å². The van der Waals surface area contributed by atoms with E-state index in [9.17, 15) is 4.79 Å². The summed E-state index contributed by atoms with van der Waals surface area (Å²) in [4.78, 5) is 14.8. The third-order valence-corrected chi connectivity index (χ3v) is 5.33. The third-order valence-electron chi connectivity index (χ3n) is 5.33. The molecule has 0 bridgehead atoms. The Morgan fingerprint density at radius 3 is 2.27 bits per heavy atom. The van der Waals surface area contributed by atoms with Gasteiger partial charge < -0.3 is 28.6 Å². The first-order valence-electron chi connectivity index (χ1n) is 10.7. The minimum Gasteiger partial charge on any atom is -0.493 e. The van der Waals surface area contributed by atoms with E-state index in [1.54, 1.807) is 24.1 Å². The van der Waals surface area contributed by atoms with Crippen molar-refractivity contribution in [2.24, 2.45) is 0 Å². The first-order chi connectivity index (χ1) is 16.1. The molecule has 0 N–H and O–H groups in total. The fraction of sp³-hybridized carbons (Fsp3) is 0.269. The van der Waals surface area contributed by atoms with Crippen molar-refractivity contribution in [1.29, 1.82) is 0 Å². The molecular weight excluding hydrogens is 422 g/mol. The number of ether oxygens (including phenoxy) is 5. The highest BCUT2D eigenvalue weighted by Gasteiger charge is 2.26. The van der Waals surface area contributed by atoms with Crippen LogP contribution in [0.4, 0.5) is 0 Å². The fourth-order valence-electron chi connectivity index (χ4n) is 3.64. The molecule has 7 nitrogen and oxygen atoms in total. The standard InChI is InChI=1S/C26H27NO6/c1-27(15-20-17-31-21-11-7-8-12-22(21)33-20)26(28)19-13-23(29-2)25(24(14-19)30-3)32-16-18-9-5-4-6-10-18/h4-14,20H,15-17H2,1-3H3. The molecule has 1 atom stereocenters. The molecule has 0 aromatic heterocycles. The predicted octanol–water partition coefficient (Wildman–Crippen LogP) is 4.19. The number of likely N-dealkylation sites (N-methyl/N-ethyl adjacent to an activating group) is 1. The maximum atomic E-state index is 13.2. The maximum absolute atomic E-state index is 13.2. The Kier molecular flexibility index (Phi) is 6.88. The largest absolute Gasteiger partial charge is 0.493 e. The van der Waals surface area contributed by atoms with E-state index < -0.39 is 0 Å². The number of nitrogens with zero attached hydrogens (tertiary/aromatic N) is 1. The zero-order valence-electron chi connectivity index (χ0n) is 18.9. The molecule has 172 valence electrons. The van der Waals surface area contributed by atoms with E-state index in [1.165, 1.54) is 14.2 Å². The SMILES string of the molecule is COc1cc(C(=O)N(C)CC2COc3ccccc3O2)cc(OC)c1OCc1ccccc1. The number of para-hydroxylation sites is 2. The molecule has 3 aromatic rings. The molecule has 1 amide bonds. The average molecular weight is 450 g/mol. The summed E-state index contributed by atoms with van der Waals surface area (Å²) in [6, 6.07) is 20.6. The van der Waals surface area contributed by atoms with Crippen molar-refractivity contribution in [3.8, 4) is 28.7 Å². The summed E-state index contributed by atoms with van der Waals surface area (Å²) in [7, 11) is 4.80. The molecule has 1 aliphatic rings. The summed E-state index contributed by atoms with van der Waals surface area (Å²) < 4.78 is 28.7. The lowest BCUT2D eigenvalue weighted by Gasteiger charge is -2.29. The van der Waals surface area contributed by atoms with E-state index in [1.807, 2.05) is 54.6 Å². The minimum absolute atomic E-state index is 0.191. The Balaban J connectivity index is 1.47. The average Bonchev–Trinajstić information content (AvgIpc) is 2.87. The predicted molar refractivity (Wildman–Crippen MR) is 124 cm³/mol. The molecule has 3 aromatic carbocycles. The highest BCUT2D eigenvalue weighted by Crippen LogP contribution is 2.39. The van der Waals surface area contributed by atoms with Crippen LogP contribution in [0.15, 0.2) is 66.7 Å². The van der Waals surface area contributed by atoms with Gasteiger partial charge in [0.1, 0.15) is 13.2 Å². The van der Waals surface area contributed by atoms with Gasteiger partial charge in [0, 0.05) is 12.6 Å². The molecule has 1 aliphatic heterocycles. The van der Waals surface area contributed by atoms with Gasteiger partial charge in [-0.15, -0.1) is 0 Å². The van der Waals surface area contributed by atoms with Gasteiger partial charge in [0.05, 0.1) is 20.8 Å². The Morgan fingerprint density at radius 1 is 0.970 bits per heavy atom. The Bertz CT molecular complexity index is 1080. The molecule has 0 spiro atoms. The zero-order valence-corrected chi connectivity index (χ0v) is 18.9. The zero-order chi connectivity index (χ0) is 23.2. The van der Waals surface area contributed by atoms with E-state index in [0.29, 0.717) is 54.1 Å². The highest BCUT2D eigenvalue weighted by molar-refractivity contribution is 5.95. The summed E-state index contributed by atoms with van der Waals surface area (Å²) in [5.74, 6) is 2.50. The number of fused-ring (bicyclic) bond motifs is 1. The molecule has 4 rings (SSSR count). The van der Waals surface area contributed by atoms with Crippen LogP contribution in [0.5, 0.6) is 28.7 Å². The van der Waals surface area contributed by atoms with Crippen LogP contribution in [0.25, 0.3) is 0 Å². The molecule has 1 heterocycles. The van der Waals surface area contributed by atoms with Gasteiger partial charge in [-0.1, -0.05) is 42.5 Å². The van der Waals surface area contributed by atoms with Gasteiger partial charge in [0.25, 0.3) is 5.91 Å². The van der Waals surface area contributed by atoms with Crippen LogP contribution in [0.3, 0.4) is 0 Å². The smallest absolute Gasteiger partial charge is 0.254 e. The van der Waals surface area contributed by atoms with E-state index >= 15 is 0 Å². The van der Waals surface area contributed by atoms with Crippen molar-refractivity contribution in [3.63, 3.8) is 0 Å². The Labute approximate surface area is 193 Å². The van der Waals surface area contributed by atoms with Crippen molar-refractivity contribution in [2.75, 3.05) is 34.4 Å². The Hall–Kier alpha value is -3.87. The second kappa shape index (κ2) is 10.2. The molecule has 33 heavy (non-hydrogen) atoms. The lowest BCUT2D eigenvalue weighted by Crippen LogP contribution is -2.41. The second-order valence-electron chi connectivity index (χ2n) is 7.67. The molecule has 1 unspecified atom stereocenters. The van der Waals surface area contributed by atoms with Gasteiger partial charge in [0.15, 0.2) is 29.1 Å². The van der Waals surface area contributed by atoms with Gasteiger partial charge in [-0.25, -0.2) is 0 Å². The van der Waals surface area contributed by atoms with Crippen LogP contribution in [0.2, 0.25) is 0 Å². The van der Waals surface area contributed by atoms with Crippen molar-refractivity contribution in [3.05, 3.63) is 77.9 Å². The van der Waals surface area contributed by atoms with Crippen LogP contribution in [0, 0.1) is 0 Å². The van der Waals surface area contributed by atoms with Crippen molar-refractivity contribution in [1.82, 2.24) is 4.90 Å². The summed E-state index contributed by atoms with van der Waals surface area (Å²) >= 11 is 0. The molecule has 7 heteroatoms. The number of hydrogen-bond donors (Lipinski definition) is 0. The maximum Gasteiger partial charge on any atom is 0.254 e. The van der Waals surface area contributed by atoms with Crippen molar-refractivity contribution in [2.45, 2.75) is 12.7 Å². The number of carbonyl (C=O) groups is 1. The van der Waals surface area contributed by atoms with Crippen LogP contribution >= 0.6 is 0 Å². The first kappa shape index (κ1) is 22.3. The van der Waals surface area contributed by atoms with Gasteiger partial charge in [0.2, 0.25) is 5.75 Å². The monoisotopic (exact) mass is 449 g/mol. The van der Waals surface area contributed by atoms with Gasteiger partial charge >= 0.3 is 0 Å². The number of amides is 1. The molecular formula is C26H27NO6. The number of methoxy groups -OCH3 is 2. The summed E-state index contributed by atoms with van der Waals surface area (Å²) in [5.41, 5.74) is 1.44. The van der Waals surface area contributed by atoms with Crippen molar-refractivity contribution < 1.29 is 28.5 Å². The fourth-order valence-corrected chi connectivity index (χ4v) is 3.64. The quantitative estimate of drug-likeness (QED) is 0.514. The summed E-state index contributed by atoms with van der Waals surface area (Å²) in [6.45, 7) is 1.08. The topological polar surface area (TPSA) is 66.5 Å². The van der Waals surface area contributed by atoms with Crippen molar-refractivity contribution >= 4 is 5.91 Å². The second-order valence-corrected chi connectivity index (χ2v) is 7.67. The number of hydrogen-bond acceptors (Lipinski definition) is 6. The molecule has 0 radical (unpaired) electrons. The molecule has 0 aliphatic carbocycles. The molecule has 0 saturated carbocycles. The van der Waals surface area contributed by atoms with E-state index in [0.717, 1.165) is 5.56 Å². The van der Waals surface area contributed by atoms with E-state index in [-0.39, 0.29) is 12.0 Å². The summed E-state index contributed by atoms with van der Waals surface area (Å²) in [5, 5.41) is 0. The molecule has 0 saturated heterocycles. The van der Waals surface area contributed by atoms with Crippen LogP contribution in [-0.2, 0) is 6.61 Å². The highest BCUT2D eigenvalue weighted by atomic mass is 16.6. The van der Waals surface area contributed by atoms with E-state index in [4.69, 9.17) is 23.7 Å². The molecule has 0 fully saturated rings. The number of rotatable bonds is 8. The number of carbonyl (C=O) groups excluding carboxylic acids is 1. The first-order valence-corrected chi connectivity index (χ1v) is 10.7. The lowest BCUT2D eigenvalue weighted by atomic mass is 10.1. The summed E-state index contributed by atoms with van der Waals surface area (Å²) in [6.07, 6.45) is -0.272. The number of benzene rings is 3. The van der Waals surface area contributed by atoms with Crippen LogP contribution in [-0.4, -0.2) is 51.3 Å². The van der Waals surface area contributed by atoms with Gasteiger partial charge in [-0.05, 0) is 29.8 Å². The normalized spacial score (nSPS) is 14.3. The van der Waals surface area contributed by atoms with E-state index in [2.05, 4.69) is 0 Å². The Morgan fingerprint density at radius 2 is 1.61 bits per heavy atom. The van der Waals surface area contributed by atoms with Gasteiger partial charge in [-0.3, -0.25) is 4.79 Å². The van der Waals surface area contributed by atoms with Crippen LogP contribution < -0.4 is 23.7 Å². The minimum atomic E-state index is -0.272. The lowest BCUT2D eigenvalue weighted by molar-refractivity contribution is 0.0520. The third kappa shape index (κ3) is 5.14.